The van der Waals surface area contributed by atoms with E-state index >= 15 is 0 Å². The van der Waals surface area contributed by atoms with Gasteiger partial charge in [-0.2, -0.15) is 5.10 Å². The molecule has 0 atom stereocenters. The predicted octanol–water partition coefficient (Wildman–Crippen LogP) is 1.50. The standard InChI is InChI=1S/C15H15N5O4/c1-20-8-7-12(19-20)14-17-18-15(24-14)16-13(21)9-23-11-5-3-10(22-2)4-6-11/h3-8H,9H2,1-2H3,(H,16,18,21). The van der Waals surface area contributed by atoms with Crippen LogP contribution in [-0.2, 0) is 11.8 Å². The van der Waals surface area contributed by atoms with Gasteiger partial charge in [0, 0.05) is 13.2 Å². The average molecular weight is 329 g/mol. The van der Waals surface area contributed by atoms with Crippen molar-refractivity contribution in [2.75, 3.05) is 19.0 Å². The zero-order valence-electron chi connectivity index (χ0n) is 13.1. The number of aryl methyl sites for hydroxylation is 1. The quantitative estimate of drug-likeness (QED) is 0.730. The Kier molecular flexibility index (Phi) is 4.41. The van der Waals surface area contributed by atoms with E-state index in [4.69, 9.17) is 13.9 Å². The molecule has 0 saturated heterocycles. The summed E-state index contributed by atoms with van der Waals surface area (Å²) in [6, 6.07) is 8.61. The van der Waals surface area contributed by atoms with Gasteiger partial charge in [0.15, 0.2) is 6.61 Å². The first kappa shape index (κ1) is 15.5. The number of carbonyl (C=O) groups is 1. The highest BCUT2D eigenvalue weighted by Gasteiger charge is 2.13. The van der Waals surface area contributed by atoms with Crippen molar-refractivity contribution in [2.24, 2.45) is 7.05 Å². The molecular formula is C15H15N5O4. The van der Waals surface area contributed by atoms with E-state index in [-0.39, 0.29) is 18.5 Å². The van der Waals surface area contributed by atoms with Crippen molar-refractivity contribution < 1.29 is 18.7 Å². The minimum absolute atomic E-state index is 0.0148. The first-order valence-corrected chi connectivity index (χ1v) is 7.04. The summed E-state index contributed by atoms with van der Waals surface area (Å²) in [7, 11) is 3.35. The van der Waals surface area contributed by atoms with Crippen LogP contribution in [0.5, 0.6) is 11.5 Å². The third-order valence-corrected chi connectivity index (χ3v) is 3.03. The molecule has 1 amide bonds. The summed E-state index contributed by atoms with van der Waals surface area (Å²) in [6.07, 6.45) is 1.75. The maximum Gasteiger partial charge on any atom is 0.322 e. The fraction of sp³-hybridized carbons (Fsp3) is 0.200. The van der Waals surface area contributed by atoms with Gasteiger partial charge in [-0.3, -0.25) is 14.8 Å². The minimum Gasteiger partial charge on any atom is -0.497 e. The van der Waals surface area contributed by atoms with Crippen molar-refractivity contribution in [3.8, 4) is 23.1 Å². The largest absolute Gasteiger partial charge is 0.497 e. The van der Waals surface area contributed by atoms with E-state index in [0.29, 0.717) is 17.2 Å². The lowest BCUT2D eigenvalue weighted by Gasteiger charge is -2.06. The van der Waals surface area contributed by atoms with Crippen LogP contribution >= 0.6 is 0 Å². The number of nitrogens with zero attached hydrogens (tertiary/aromatic N) is 4. The Balaban J connectivity index is 1.54. The molecule has 2 aromatic heterocycles. The number of anilines is 1. The van der Waals surface area contributed by atoms with E-state index in [2.05, 4.69) is 20.6 Å². The van der Waals surface area contributed by atoms with Gasteiger partial charge in [-0.1, -0.05) is 5.10 Å². The fourth-order valence-electron chi connectivity index (χ4n) is 1.88. The molecule has 3 aromatic rings. The first-order chi connectivity index (χ1) is 11.6. The first-order valence-electron chi connectivity index (χ1n) is 7.04. The number of amides is 1. The third kappa shape index (κ3) is 3.69. The monoisotopic (exact) mass is 329 g/mol. The summed E-state index contributed by atoms with van der Waals surface area (Å²) >= 11 is 0. The number of aromatic nitrogens is 4. The topological polar surface area (TPSA) is 104 Å². The smallest absolute Gasteiger partial charge is 0.322 e. The van der Waals surface area contributed by atoms with Gasteiger partial charge < -0.3 is 13.9 Å². The molecule has 0 bridgehead atoms. The van der Waals surface area contributed by atoms with Crippen molar-refractivity contribution in [3.63, 3.8) is 0 Å². The SMILES string of the molecule is COc1ccc(OCC(=O)Nc2nnc(-c3ccn(C)n3)o2)cc1. The molecule has 1 N–H and O–H groups in total. The Bertz CT molecular complexity index is 825. The van der Waals surface area contributed by atoms with Crippen LogP contribution in [0.15, 0.2) is 40.9 Å². The lowest BCUT2D eigenvalue weighted by Crippen LogP contribution is -2.20. The van der Waals surface area contributed by atoms with Crippen LogP contribution in [0.4, 0.5) is 6.01 Å². The summed E-state index contributed by atoms with van der Waals surface area (Å²) in [6.45, 7) is -0.187. The molecule has 0 aliphatic rings. The predicted molar refractivity (Wildman–Crippen MR) is 83.6 cm³/mol. The Morgan fingerprint density at radius 3 is 2.62 bits per heavy atom. The van der Waals surface area contributed by atoms with Crippen molar-refractivity contribution in [2.45, 2.75) is 0 Å². The summed E-state index contributed by atoms with van der Waals surface area (Å²) in [5.41, 5.74) is 0.528. The number of hydrogen-bond acceptors (Lipinski definition) is 7. The van der Waals surface area contributed by atoms with Gasteiger partial charge in [-0.25, -0.2) is 0 Å². The van der Waals surface area contributed by atoms with E-state index in [0.717, 1.165) is 0 Å². The molecule has 0 aliphatic heterocycles. The number of ether oxygens (including phenoxy) is 2. The second-order valence-electron chi connectivity index (χ2n) is 4.80. The maximum absolute atomic E-state index is 11.9. The lowest BCUT2D eigenvalue weighted by atomic mass is 10.3. The van der Waals surface area contributed by atoms with E-state index < -0.39 is 5.91 Å². The number of carbonyl (C=O) groups excluding carboxylic acids is 1. The molecule has 24 heavy (non-hydrogen) atoms. The molecule has 0 radical (unpaired) electrons. The number of benzene rings is 1. The second-order valence-corrected chi connectivity index (χ2v) is 4.80. The van der Waals surface area contributed by atoms with Gasteiger partial charge in [0.25, 0.3) is 11.8 Å². The normalized spacial score (nSPS) is 10.4. The Morgan fingerprint density at radius 1 is 1.21 bits per heavy atom. The molecular weight excluding hydrogens is 314 g/mol. The highest BCUT2D eigenvalue weighted by Crippen LogP contribution is 2.18. The van der Waals surface area contributed by atoms with Crippen molar-refractivity contribution in [1.82, 2.24) is 20.0 Å². The molecule has 0 spiro atoms. The maximum atomic E-state index is 11.9. The van der Waals surface area contributed by atoms with E-state index in [1.165, 1.54) is 0 Å². The number of methoxy groups -OCH3 is 1. The van der Waals surface area contributed by atoms with E-state index in [9.17, 15) is 4.79 Å². The molecule has 0 fully saturated rings. The van der Waals surface area contributed by atoms with Crippen LogP contribution in [0.3, 0.4) is 0 Å². The second kappa shape index (κ2) is 6.82. The molecule has 0 unspecified atom stereocenters. The van der Waals surface area contributed by atoms with Gasteiger partial charge >= 0.3 is 6.01 Å². The zero-order valence-corrected chi connectivity index (χ0v) is 13.1. The zero-order chi connectivity index (χ0) is 16.9. The summed E-state index contributed by atoms with van der Waals surface area (Å²) in [5, 5.41) is 14.2. The Hall–Kier alpha value is -3.36. The van der Waals surface area contributed by atoms with Crippen molar-refractivity contribution in [1.29, 1.82) is 0 Å². The van der Waals surface area contributed by atoms with Gasteiger partial charge in [-0.15, -0.1) is 5.10 Å². The Morgan fingerprint density at radius 2 is 1.96 bits per heavy atom. The number of nitrogens with one attached hydrogen (secondary N) is 1. The van der Waals surface area contributed by atoms with Crippen molar-refractivity contribution >= 4 is 11.9 Å². The summed E-state index contributed by atoms with van der Waals surface area (Å²) in [5.74, 6) is 1.06. The van der Waals surface area contributed by atoms with Crippen molar-refractivity contribution in [3.05, 3.63) is 36.5 Å². The minimum atomic E-state index is -0.415. The van der Waals surface area contributed by atoms with Crippen LogP contribution in [0.2, 0.25) is 0 Å². The molecule has 9 nitrogen and oxygen atoms in total. The lowest BCUT2D eigenvalue weighted by molar-refractivity contribution is -0.118. The van der Waals surface area contributed by atoms with Crippen LogP contribution in [0.1, 0.15) is 0 Å². The number of rotatable bonds is 6. The van der Waals surface area contributed by atoms with Crippen LogP contribution in [0.25, 0.3) is 11.6 Å². The molecule has 0 aliphatic carbocycles. The van der Waals surface area contributed by atoms with E-state index in [1.54, 1.807) is 55.4 Å². The van der Waals surface area contributed by atoms with Gasteiger partial charge in [0.05, 0.1) is 7.11 Å². The average Bonchev–Trinajstić information content (AvgIpc) is 3.22. The van der Waals surface area contributed by atoms with Crippen LogP contribution < -0.4 is 14.8 Å². The Labute approximate surface area is 137 Å². The highest BCUT2D eigenvalue weighted by molar-refractivity contribution is 5.89. The molecule has 0 saturated carbocycles. The molecule has 2 heterocycles. The molecule has 3 rings (SSSR count). The fourth-order valence-corrected chi connectivity index (χ4v) is 1.88. The van der Waals surface area contributed by atoms with Gasteiger partial charge in [-0.05, 0) is 30.3 Å². The number of hydrogen-bond donors (Lipinski definition) is 1. The highest BCUT2D eigenvalue weighted by atomic mass is 16.5. The van der Waals surface area contributed by atoms with Crippen LogP contribution in [-0.4, -0.2) is 39.6 Å². The van der Waals surface area contributed by atoms with Gasteiger partial charge in [0.2, 0.25) is 0 Å². The summed E-state index contributed by atoms with van der Waals surface area (Å²) < 4.78 is 17.4. The molecule has 1 aromatic carbocycles. The molecule has 9 heteroatoms. The van der Waals surface area contributed by atoms with E-state index in [1.807, 2.05) is 0 Å². The molecule has 124 valence electrons. The summed E-state index contributed by atoms with van der Waals surface area (Å²) in [4.78, 5) is 11.9. The van der Waals surface area contributed by atoms with Gasteiger partial charge in [0.1, 0.15) is 17.2 Å². The third-order valence-electron chi connectivity index (χ3n) is 3.03. The van der Waals surface area contributed by atoms with Crippen LogP contribution in [0, 0.1) is 0 Å².